The average Bonchev–Trinajstić information content (AvgIpc) is 2.62. The van der Waals surface area contributed by atoms with Crippen LogP contribution in [0.1, 0.15) is 31.2 Å². The van der Waals surface area contributed by atoms with Crippen LogP contribution in [0.5, 0.6) is 5.75 Å². The van der Waals surface area contributed by atoms with Crippen molar-refractivity contribution in [2.24, 2.45) is 0 Å². The molecule has 0 spiro atoms. The van der Waals surface area contributed by atoms with Crippen LogP contribution in [0.4, 0.5) is 4.39 Å². The van der Waals surface area contributed by atoms with Crippen LogP contribution in [-0.4, -0.2) is 26.9 Å². The molecule has 5 heteroatoms. The minimum absolute atomic E-state index is 0.00486. The van der Waals surface area contributed by atoms with Crippen molar-refractivity contribution < 1.29 is 18.4 Å². The van der Waals surface area contributed by atoms with Crippen molar-refractivity contribution in [1.82, 2.24) is 0 Å². The van der Waals surface area contributed by atoms with Gasteiger partial charge >= 0.3 is 0 Å². The first kappa shape index (κ1) is 13.1. The summed E-state index contributed by atoms with van der Waals surface area (Å²) in [6.45, 7) is 0. The van der Waals surface area contributed by atoms with Gasteiger partial charge in [0.1, 0.15) is 11.6 Å². The summed E-state index contributed by atoms with van der Waals surface area (Å²) in [5.41, 5.74) is -0.877. The van der Waals surface area contributed by atoms with Gasteiger partial charge in [-0.2, -0.15) is 0 Å². The first-order valence-corrected chi connectivity index (χ1v) is 7.77. The molecule has 2 saturated heterocycles. The van der Waals surface area contributed by atoms with Crippen LogP contribution in [0.3, 0.4) is 0 Å². The second kappa shape index (κ2) is 4.56. The van der Waals surface area contributed by atoms with Crippen LogP contribution in [0, 0.1) is 5.82 Å². The lowest BCUT2D eigenvalue weighted by Crippen LogP contribution is -2.40. The van der Waals surface area contributed by atoms with Gasteiger partial charge in [0.05, 0.1) is 12.7 Å². The van der Waals surface area contributed by atoms with E-state index in [1.807, 2.05) is 0 Å². The average molecular weight is 284 g/mol. The fourth-order valence-corrected chi connectivity index (χ4v) is 5.46. The number of rotatable bonds is 2. The van der Waals surface area contributed by atoms with Gasteiger partial charge in [0, 0.05) is 32.9 Å². The summed E-state index contributed by atoms with van der Waals surface area (Å²) in [6, 6.07) is 4.53. The molecule has 0 radical (unpaired) electrons. The molecule has 1 aromatic carbocycles. The molecular formula is C14H17FO3S. The first-order valence-electron chi connectivity index (χ1n) is 6.49. The maximum atomic E-state index is 14.1. The summed E-state index contributed by atoms with van der Waals surface area (Å²) < 4.78 is 31.1. The number of fused-ring (bicyclic) bond motifs is 2. The van der Waals surface area contributed by atoms with Crippen molar-refractivity contribution in [1.29, 1.82) is 0 Å². The van der Waals surface area contributed by atoms with Gasteiger partial charge in [-0.25, -0.2) is 4.39 Å². The maximum absolute atomic E-state index is 14.1. The molecule has 0 amide bonds. The smallest absolute Gasteiger partial charge is 0.132 e. The van der Waals surface area contributed by atoms with Crippen molar-refractivity contribution in [2.75, 3.05) is 7.11 Å². The zero-order chi connectivity index (χ0) is 13.6. The molecule has 19 heavy (non-hydrogen) atoms. The minimum atomic E-state index is -1.18. The molecule has 1 N–H and O–H groups in total. The number of halogens is 1. The Labute approximate surface area is 114 Å². The number of ether oxygens (including phenoxy) is 1. The van der Waals surface area contributed by atoms with E-state index in [1.165, 1.54) is 13.2 Å². The lowest BCUT2D eigenvalue weighted by Gasteiger charge is -2.36. The van der Waals surface area contributed by atoms with E-state index in [1.54, 1.807) is 12.1 Å². The number of methoxy groups -OCH3 is 1. The molecule has 2 bridgehead atoms. The van der Waals surface area contributed by atoms with E-state index in [4.69, 9.17) is 4.74 Å². The lowest BCUT2D eigenvalue weighted by molar-refractivity contribution is 0.0150. The van der Waals surface area contributed by atoms with Crippen LogP contribution in [0.2, 0.25) is 0 Å². The third-order valence-corrected chi connectivity index (χ3v) is 6.39. The first-order chi connectivity index (χ1) is 9.03. The Hall–Kier alpha value is -0.940. The van der Waals surface area contributed by atoms with Crippen molar-refractivity contribution in [3.63, 3.8) is 0 Å². The highest BCUT2D eigenvalue weighted by Gasteiger charge is 2.49. The van der Waals surface area contributed by atoms with Crippen molar-refractivity contribution >= 4 is 10.8 Å². The Bertz CT molecular complexity index is 515. The fourth-order valence-electron chi connectivity index (χ4n) is 3.30. The molecule has 3 nitrogen and oxygen atoms in total. The Kier molecular flexibility index (Phi) is 3.14. The van der Waals surface area contributed by atoms with Crippen LogP contribution in [0.15, 0.2) is 18.2 Å². The standard InChI is InChI=1S/C14H17FO3S/c1-18-9-2-5-12(13(15)6-9)14(16)7-10-3-4-11(8-14)19(10)17/h2,5-6,10-11,16H,3-4,7-8H2,1H3. The van der Waals surface area contributed by atoms with Gasteiger partial charge in [-0.3, -0.25) is 4.21 Å². The van der Waals surface area contributed by atoms with Crippen LogP contribution in [0.25, 0.3) is 0 Å². The molecule has 104 valence electrons. The summed E-state index contributed by atoms with van der Waals surface area (Å²) in [7, 11) is 0.621. The van der Waals surface area contributed by atoms with Crippen molar-refractivity contribution in [3.05, 3.63) is 29.6 Å². The third-order valence-electron chi connectivity index (χ3n) is 4.28. The topological polar surface area (TPSA) is 46.5 Å². The molecule has 1 aromatic rings. The molecule has 2 fully saturated rings. The largest absolute Gasteiger partial charge is 0.497 e. The fraction of sp³-hybridized carbons (Fsp3) is 0.571. The second-order valence-corrected chi connectivity index (χ2v) is 7.43. The van der Waals surface area contributed by atoms with E-state index in [-0.39, 0.29) is 10.5 Å². The van der Waals surface area contributed by atoms with E-state index in [9.17, 15) is 13.7 Å². The van der Waals surface area contributed by atoms with Gasteiger partial charge in [-0.05, 0) is 37.8 Å². The van der Waals surface area contributed by atoms with Crippen molar-refractivity contribution in [3.8, 4) is 5.75 Å². The summed E-state index contributed by atoms with van der Waals surface area (Å²) in [5, 5.41) is 10.8. The Balaban J connectivity index is 1.95. The van der Waals surface area contributed by atoms with E-state index in [2.05, 4.69) is 0 Å². The Morgan fingerprint density at radius 1 is 1.37 bits per heavy atom. The SMILES string of the molecule is COc1ccc(C2(O)CC3CCC(C2)S3=O)c(F)c1. The molecule has 0 aliphatic carbocycles. The molecule has 0 aromatic heterocycles. The van der Waals surface area contributed by atoms with Gasteiger partial charge < -0.3 is 9.84 Å². The van der Waals surface area contributed by atoms with Crippen molar-refractivity contribution in [2.45, 2.75) is 41.8 Å². The molecule has 2 atom stereocenters. The number of aliphatic hydroxyl groups is 1. The van der Waals surface area contributed by atoms with Crippen LogP contribution >= 0.6 is 0 Å². The molecule has 2 unspecified atom stereocenters. The molecule has 2 aliphatic rings. The maximum Gasteiger partial charge on any atom is 0.132 e. The predicted molar refractivity (Wildman–Crippen MR) is 71.0 cm³/mol. The summed E-state index contributed by atoms with van der Waals surface area (Å²) >= 11 is 0. The predicted octanol–water partition coefficient (Wildman–Crippen LogP) is 2.10. The number of benzene rings is 1. The van der Waals surface area contributed by atoms with E-state index < -0.39 is 22.2 Å². The number of hydrogen-bond acceptors (Lipinski definition) is 3. The van der Waals surface area contributed by atoms with Gasteiger partial charge in [-0.15, -0.1) is 0 Å². The zero-order valence-corrected chi connectivity index (χ0v) is 11.6. The Morgan fingerprint density at radius 2 is 2.00 bits per heavy atom. The summed E-state index contributed by atoms with van der Waals surface area (Å²) in [6.07, 6.45) is 2.52. The zero-order valence-electron chi connectivity index (χ0n) is 10.8. The summed E-state index contributed by atoms with van der Waals surface area (Å²) in [5.74, 6) is -0.0128. The quantitative estimate of drug-likeness (QED) is 0.904. The Morgan fingerprint density at radius 3 is 2.53 bits per heavy atom. The van der Waals surface area contributed by atoms with Crippen LogP contribution in [-0.2, 0) is 16.4 Å². The molecule has 2 heterocycles. The third kappa shape index (κ3) is 2.09. The highest BCUT2D eigenvalue weighted by atomic mass is 32.2. The normalized spacial score (nSPS) is 37.3. The molecular weight excluding hydrogens is 267 g/mol. The van der Waals surface area contributed by atoms with E-state index in [0.717, 1.165) is 12.8 Å². The van der Waals surface area contributed by atoms with Gasteiger partial charge in [0.25, 0.3) is 0 Å². The highest BCUT2D eigenvalue weighted by Crippen LogP contribution is 2.46. The number of hydrogen-bond donors (Lipinski definition) is 1. The van der Waals surface area contributed by atoms with Crippen LogP contribution < -0.4 is 4.74 Å². The second-order valence-electron chi connectivity index (χ2n) is 5.44. The van der Waals surface area contributed by atoms with Gasteiger partial charge in [-0.1, -0.05) is 0 Å². The molecule has 3 rings (SSSR count). The minimum Gasteiger partial charge on any atom is -0.497 e. The monoisotopic (exact) mass is 284 g/mol. The van der Waals surface area contributed by atoms with E-state index in [0.29, 0.717) is 24.2 Å². The van der Waals surface area contributed by atoms with E-state index >= 15 is 0 Å². The highest BCUT2D eigenvalue weighted by molar-refractivity contribution is 7.86. The van der Waals surface area contributed by atoms with Gasteiger partial charge in [0.2, 0.25) is 0 Å². The molecule has 2 aliphatic heterocycles. The lowest BCUT2D eigenvalue weighted by atomic mass is 9.85. The van der Waals surface area contributed by atoms with Gasteiger partial charge in [0.15, 0.2) is 0 Å². The molecule has 0 saturated carbocycles. The summed E-state index contributed by atoms with van der Waals surface area (Å²) in [4.78, 5) is 0.